The molecule has 5 heteroatoms. The van der Waals surface area contributed by atoms with Gasteiger partial charge < -0.3 is 15.0 Å². The molecule has 5 nitrogen and oxygen atoms in total. The Bertz CT molecular complexity index is 604. The normalized spacial score (nSPS) is 21.8. The third-order valence-corrected chi connectivity index (χ3v) is 4.99. The molecule has 1 aliphatic heterocycles. The molecule has 2 fully saturated rings. The van der Waals surface area contributed by atoms with Gasteiger partial charge in [0.15, 0.2) is 0 Å². The van der Waals surface area contributed by atoms with Crippen LogP contribution in [0.3, 0.4) is 0 Å². The van der Waals surface area contributed by atoms with Crippen LogP contribution in [0.5, 0.6) is 0 Å². The number of benzene rings is 1. The molecular weight excluding hydrogens is 302 g/mol. The van der Waals surface area contributed by atoms with Gasteiger partial charge in [0.05, 0.1) is 24.2 Å². The number of nitrogens with one attached hydrogen (secondary N) is 1. The van der Waals surface area contributed by atoms with Crippen LogP contribution in [0, 0.1) is 23.2 Å². The average Bonchev–Trinajstić information content (AvgIpc) is 3.36. The van der Waals surface area contributed by atoms with E-state index in [-0.39, 0.29) is 17.9 Å². The maximum Gasteiger partial charge on any atom is 0.227 e. The van der Waals surface area contributed by atoms with Crippen molar-refractivity contribution in [2.24, 2.45) is 11.8 Å². The Morgan fingerprint density at radius 1 is 1.33 bits per heavy atom. The van der Waals surface area contributed by atoms with E-state index in [0.717, 1.165) is 31.0 Å². The fourth-order valence-corrected chi connectivity index (χ4v) is 3.44. The van der Waals surface area contributed by atoms with Crippen LogP contribution in [0.4, 0.5) is 0 Å². The highest BCUT2D eigenvalue weighted by molar-refractivity contribution is 5.82. The topological polar surface area (TPSA) is 65.4 Å². The molecule has 1 saturated heterocycles. The van der Waals surface area contributed by atoms with E-state index >= 15 is 0 Å². The van der Waals surface area contributed by atoms with Gasteiger partial charge in [0.25, 0.3) is 0 Å². The monoisotopic (exact) mass is 327 g/mol. The van der Waals surface area contributed by atoms with Crippen molar-refractivity contribution in [3.8, 4) is 6.07 Å². The Morgan fingerprint density at radius 2 is 2.08 bits per heavy atom. The van der Waals surface area contributed by atoms with Crippen LogP contribution < -0.4 is 5.32 Å². The lowest BCUT2D eigenvalue weighted by Crippen LogP contribution is -2.36. The minimum atomic E-state index is -0.0338. The van der Waals surface area contributed by atoms with Crippen LogP contribution in [0.2, 0.25) is 0 Å². The summed E-state index contributed by atoms with van der Waals surface area (Å²) in [7, 11) is 1.68. The molecule has 1 heterocycles. The number of rotatable bonds is 8. The first kappa shape index (κ1) is 16.9. The van der Waals surface area contributed by atoms with Crippen molar-refractivity contribution >= 4 is 5.91 Å². The molecular formula is C19H25N3O2. The van der Waals surface area contributed by atoms with Crippen LogP contribution in [0.15, 0.2) is 24.3 Å². The Labute approximate surface area is 143 Å². The van der Waals surface area contributed by atoms with Crippen molar-refractivity contribution in [2.45, 2.75) is 25.3 Å². The lowest BCUT2D eigenvalue weighted by Gasteiger charge is -2.25. The maximum atomic E-state index is 12.8. The predicted molar refractivity (Wildman–Crippen MR) is 91.2 cm³/mol. The number of amides is 1. The zero-order chi connectivity index (χ0) is 16.9. The number of carbonyl (C=O) groups excluding carboxylic acids is 1. The summed E-state index contributed by atoms with van der Waals surface area (Å²) in [5.74, 6) is 0.956. The molecule has 1 amide bonds. The summed E-state index contributed by atoms with van der Waals surface area (Å²) in [6.07, 6.45) is 3.41. The van der Waals surface area contributed by atoms with Crippen LogP contribution in [-0.2, 0) is 9.53 Å². The van der Waals surface area contributed by atoms with E-state index in [2.05, 4.69) is 11.4 Å². The number of likely N-dealkylation sites (tertiary alicyclic amines) is 1. The lowest BCUT2D eigenvalue weighted by molar-refractivity contribution is -0.132. The minimum Gasteiger partial charge on any atom is -0.383 e. The molecule has 0 radical (unpaired) electrons. The Balaban J connectivity index is 1.73. The quantitative estimate of drug-likeness (QED) is 0.743. The highest BCUT2D eigenvalue weighted by Crippen LogP contribution is 2.35. The summed E-state index contributed by atoms with van der Waals surface area (Å²) in [5.41, 5.74) is 1.71. The first-order valence-corrected chi connectivity index (χ1v) is 8.74. The Morgan fingerprint density at radius 3 is 2.71 bits per heavy atom. The molecule has 1 saturated carbocycles. The molecule has 128 valence electrons. The fraction of sp³-hybridized carbons (Fsp3) is 0.579. The van der Waals surface area contributed by atoms with Crippen molar-refractivity contribution in [1.29, 1.82) is 5.26 Å². The molecule has 0 aromatic heterocycles. The van der Waals surface area contributed by atoms with E-state index < -0.39 is 0 Å². The number of ether oxygens (including phenoxy) is 1. The van der Waals surface area contributed by atoms with Crippen LogP contribution in [-0.4, -0.2) is 44.2 Å². The molecule has 1 aromatic rings. The molecule has 2 aliphatic rings. The third kappa shape index (κ3) is 3.95. The molecule has 1 N–H and O–H groups in total. The van der Waals surface area contributed by atoms with Crippen LogP contribution in [0.1, 0.15) is 36.4 Å². The van der Waals surface area contributed by atoms with E-state index in [1.54, 1.807) is 7.11 Å². The Hall–Kier alpha value is -1.90. The van der Waals surface area contributed by atoms with Gasteiger partial charge >= 0.3 is 0 Å². The van der Waals surface area contributed by atoms with E-state index in [4.69, 9.17) is 10.00 Å². The second-order valence-electron chi connectivity index (χ2n) is 6.78. The maximum absolute atomic E-state index is 12.8. The fourth-order valence-electron chi connectivity index (χ4n) is 3.44. The van der Waals surface area contributed by atoms with E-state index in [1.165, 1.54) is 12.8 Å². The van der Waals surface area contributed by atoms with Gasteiger partial charge in [-0.1, -0.05) is 12.1 Å². The van der Waals surface area contributed by atoms with Crippen molar-refractivity contribution in [3.05, 3.63) is 35.4 Å². The largest absolute Gasteiger partial charge is 0.383 e. The molecule has 0 unspecified atom stereocenters. The first-order valence-electron chi connectivity index (χ1n) is 8.74. The average molecular weight is 327 g/mol. The van der Waals surface area contributed by atoms with Gasteiger partial charge in [-0.3, -0.25) is 4.79 Å². The van der Waals surface area contributed by atoms with E-state index in [0.29, 0.717) is 18.7 Å². The number of hydrogen-bond donors (Lipinski definition) is 1. The van der Waals surface area contributed by atoms with Crippen molar-refractivity contribution in [1.82, 2.24) is 10.2 Å². The highest BCUT2D eigenvalue weighted by atomic mass is 16.5. The summed E-state index contributed by atoms with van der Waals surface area (Å²) in [5, 5.41) is 12.5. The molecule has 24 heavy (non-hydrogen) atoms. The molecule has 3 rings (SSSR count). The molecule has 1 aromatic carbocycles. The SMILES string of the molecule is COCCN[C@H](c1ccc(C#N)cc1)[C@H]1CCN(CC2CC2)C1=O. The number of nitrogens with zero attached hydrogens (tertiary/aromatic N) is 2. The van der Waals surface area contributed by atoms with Gasteiger partial charge in [0, 0.05) is 32.8 Å². The number of nitriles is 1. The zero-order valence-electron chi connectivity index (χ0n) is 14.2. The molecule has 2 atom stereocenters. The Kier molecular flexibility index (Phi) is 5.49. The van der Waals surface area contributed by atoms with Crippen molar-refractivity contribution in [2.75, 3.05) is 33.4 Å². The molecule has 0 bridgehead atoms. The highest BCUT2D eigenvalue weighted by Gasteiger charge is 2.39. The number of methoxy groups -OCH3 is 1. The van der Waals surface area contributed by atoms with Gasteiger partial charge in [-0.25, -0.2) is 0 Å². The number of hydrogen-bond acceptors (Lipinski definition) is 4. The lowest BCUT2D eigenvalue weighted by atomic mass is 9.91. The summed E-state index contributed by atoms with van der Waals surface area (Å²) in [6.45, 7) is 3.10. The van der Waals surface area contributed by atoms with E-state index in [1.807, 2.05) is 29.2 Å². The predicted octanol–water partition coefficient (Wildman–Crippen LogP) is 2.09. The molecule has 0 spiro atoms. The van der Waals surface area contributed by atoms with Gasteiger partial charge in [-0.2, -0.15) is 5.26 Å². The minimum absolute atomic E-state index is 0.0235. The summed E-state index contributed by atoms with van der Waals surface area (Å²) < 4.78 is 5.14. The second-order valence-corrected chi connectivity index (χ2v) is 6.78. The van der Waals surface area contributed by atoms with Gasteiger partial charge in [0.1, 0.15) is 0 Å². The third-order valence-electron chi connectivity index (χ3n) is 4.99. The smallest absolute Gasteiger partial charge is 0.227 e. The second kappa shape index (κ2) is 7.78. The van der Waals surface area contributed by atoms with Crippen molar-refractivity contribution in [3.63, 3.8) is 0 Å². The zero-order valence-corrected chi connectivity index (χ0v) is 14.2. The van der Waals surface area contributed by atoms with Crippen LogP contribution in [0.25, 0.3) is 0 Å². The van der Waals surface area contributed by atoms with E-state index in [9.17, 15) is 4.79 Å². The summed E-state index contributed by atoms with van der Waals surface area (Å²) in [6, 6.07) is 9.68. The van der Waals surface area contributed by atoms with Gasteiger partial charge in [0.2, 0.25) is 5.91 Å². The molecule has 1 aliphatic carbocycles. The van der Waals surface area contributed by atoms with Gasteiger partial charge in [-0.15, -0.1) is 0 Å². The van der Waals surface area contributed by atoms with Crippen molar-refractivity contribution < 1.29 is 9.53 Å². The van der Waals surface area contributed by atoms with Crippen LogP contribution >= 0.6 is 0 Å². The first-order chi connectivity index (χ1) is 11.7. The van der Waals surface area contributed by atoms with Gasteiger partial charge in [-0.05, 0) is 42.9 Å². The standard InChI is InChI=1S/C19H25N3O2/c1-24-11-9-21-18(16-6-4-14(12-20)5-7-16)17-8-10-22(19(17)23)13-15-2-3-15/h4-7,15,17-18,21H,2-3,8-11,13H2,1H3/t17-,18-/m1/s1. The summed E-state index contributed by atoms with van der Waals surface area (Å²) >= 11 is 0. The summed E-state index contributed by atoms with van der Waals surface area (Å²) in [4.78, 5) is 14.9. The number of carbonyl (C=O) groups is 1.